The van der Waals surface area contributed by atoms with Gasteiger partial charge in [-0.15, -0.1) is 0 Å². The van der Waals surface area contributed by atoms with Gasteiger partial charge in [0.25, 0.3) is 0 Å². The average molecular weight is 197 g/mol. The normalized spacial score (nSPS) is 14.6. The molecular weight excluding hydrogens is 174 g/mol. The van der Waals surface area contributed by atoms with Crippen LogP contribution in [0.5, 0.6) is 0 Å². The fourth-order valence-corrected chi connectivity index (χ4v) is 1.24. The highest BCUT2D eigenvalue weighted by atomic mass is 16.3. The van der Waals surface area contributed by atoms with Crippen LogP contribution in [0.25, 0.3) is 0 Å². The van der Waals surface area contributed by atoms with Gasteiger partial charge >= 0.3 is 0 Å². The highest BCUT2D eigenvalue weighted by Crippen LogP contribution is 1.97. The summed E-state index contributed by atoms with van der Waals surface area (Å²) < 4.78 is 0. The van der Waals surface area contributed by atoms with Gasteiger partial charge in [-0.2, -0.15) is 0 Å². The summed E-state index contributed by atoms with van der Waals surface area (Å²) in [6, 6.07) is 0. The van der Waals surface area contributed by atoms with Crippen LogP contribution in [0.3, 0.4) is 0 Å². The molecule has 0 rings (SSSR count). The van der Waals surface area contributed by atoms with E-state index < -0.39 is 0 Å². The minimum atomic E-state index is -0.334. The molecule has 0 fully saturated rings. The Morgan fingerprint density at radius 1 is 1.21 bits per heavy atom. The number of nitrogens with zero attached hydrogens (tertiary/aromatic N) is 1. The second-order valence-electron chi connectivity index (χ2n) is 3.31. The maximum Gasteiger partial charge on any atom is 0.104 e. The van der Waals surface area contributed by atoms with E-state index in [-0.39, 0.29) is 6.23 Å². The Labute approximate surface area is 87.9 Å². The number of hydrogen-bond acceptors (Lipinski definition) is 2. The van der Waals surface area contributed by atoms with Gasteiger partial charge in [-0.25, -0.2) is 0 Å². The highest BCUT2D eigenvalue weighted by molar-refractivity contribution is 5.02. The number of hydrogen-bond donors (Lipinski definition) is 1. The molecule has 82 valence electrons. The van der Waals surface area contributed by atoms with E-state index in [4.69, 9.17) is 0 Å². The van der Waals surface area contributed by atoms with E-state index in [9.17, 15) is 5.11 Å². The topological polar surface area (TPSA) is 23.5 Å². The molecule has 1 N–H and O–H groups in total. The molecule has 0 aromatic carbocycles. The van der Waals surface area contributed by atoms with Crippen molar-refractivity contribution in [2.45, 2.75) is 39.8 Å². The summed E-state index contributed by atoms with van der Waals surface area (Å²) in [4.78, 5) is 2.04. The number of rotatable bonds is 7. The Hall–Kier alpha value is -0.600. The van der Waals surface area contributed by atoms with Crippen molar-refractivity contribution in [3.63, 3.8) is 0 Å². The van der Waals surface area contributed by atoms with Crippen LogP contribution >= 0.6 is 0 Å². The molecule has 0 aromatic heterocycles. The first-order valence-electron chi connectivity index (χ1n) is 5.46. The summed E-state index contributed by atoms with van der Waals surface area (Å²) in [7, 11) is 0. The molecule has 0 radical (unpaired) electrons. The van der Waals surface area contributed by atoms with Gasteiger partial charge in [0, 0.05) is 6.54 Å². The number of aliphatic hydroxyl groups is 1. The molecule has 0 bridgehead atoms. The maximum atomic E-state index is 9.34. The summed E-state index contributed by atoms with van der Waals surface area (Å²) in [6.45, 7) is 7.81. The van der Waals surface area contributed by atoms with Crippen LogP contribution in [0.15, 0.2) is 24.3 Å². The standard InChI is InChI=1S/C12H23NO/c1-4-6-7-8-9-10-11-13(5-2)12(3)14/h6-9,12,14H,4-5,10-11H2,1-3H3/b7-6+,9-8+. The first-order valence-corrected chi connectivity index (χ1v) is 5.46. The second-order valence-corrected chi connectivity index (χ2v) is 3.31. The molecule has 0 aromatic rings. The summed E-state index contributed by atoms with van der Waals surface area (Å²) in [5.41, 5.74) is 0. The van der Waals surface area contributed by atoms with E-state index in [1.165, 1.54) is 0 Å². The first-order chi connectivity index (χ1) is 6.72. The summed E-state index contributed by atoms with van der Waals surface area (Å²) >= 11 is 0. The summed E-state index contributed by atoms with van der Waals surface area (Å²) in [5, 5.41) is 9.34. The van der Waals surface area contributed by atoms with Crippen molar-refractivity contribution in [3.8, 4) is 0 Å². The van der Waals surface area contributed by atoms with Gasteiger partial charge in [0.1, 0.15) is 6.23 Å². The molecule has 0 spiro atoms. The van der Waals surface area contributed by atoms with Crippen LogP contribution in [-0.2, 0) is 0 Å². The van der Waals surface area contributed by atoms with Gasteiger partial charge in [-0.05, 0) is 26.3 Å². The third-order valence-corrected chi connectivity index (χ3v) is 2.14. The molecule has 0 saturated carbocycles. The van der Waals surface area contributed by atoms with Crippen LogP contribution < -0.4 is 0 Å². The van der Waals surface area contributed by atoms with Gasteiger partial charge in [-0.3, -0.25) is 4.90 Å². The zero-order valence-electron chi connectivity index (χ0n) is 9.61. The monoisotopic (exact) mass is 197 g/mol. The van der Waals surface area contributed by atoms with Crippen molar-refractivity contribution in [1.82, 2.24) is 4.90 Å². The molecule has 0 amide bonds. The van der Waals surface area contributed by atoms with E-state index in [2.05, 4.69) is 38.2 Å². The molecule has 1 atom stereocenters. The summed E-state index contributed by atoms with van der Waals surface area (Å²) in [6.07, 6.45) is 10.1. The predicted molar refractivity (Wildman–Crippen MR) is 62.1 cm³/mol. The van der Waals surface area contributed by atoms with Crippen LogP contribution in [0.1, 0.15) is 33.6 Å². The van der Waals surface area contributed by atoms with Crippen LogP contribution in [-0.4, -0.2) is 29.3 Å². The minimum absolute atomic E-state index is 0.334. The van der Waals surface area contributed by atoms with Crippen molar-refractivity contribution in [3.05, 3.63) is 24.3 Å². The lowest BCUT2D eigenvalue weighted by molar-refractivity contribution is 0.0238. The Balaban J connectivity index is 3.60. The van der Waals surface area contributed by atoms with Crippen LogP contribution in [0.2, 0.25) is 0 Å². The third kappa shape index (κ3) is 6.87. The molecule has 14 heavy (non-hydrogen) atoms. The quantitative estimate of drug-likeness (QED) is 0.501. The minimum Gasteiger partial charge on any atom is -0.379 e. The van der Waals surface area contributed by atoms with Gasteiger partial charge in [0.15, 0.2) is 0 Å². The molecule has 2 nitrogen and oxygen atoms in total. The van der Waals surface area contributed by atoms with Crippen molar-refractivity contribution >= 4 is 0 Å². The van der Waals surface area contributed by atoms with Gasteiger partial charge in [0.2, 0.25) is 0 Å². The first kappa shape index (κ1) is 13.4. The van der Waals surface area contributed by atoms with Crippen molar-refractivity contribution in [1.29, 1.82) is 0 Å². The van der Waals surface area contributed by atoms with Gasteiger partial charge in [0.05, 0.1) is 0 Å². The van der Waals surface area contributed by atoms with E-state index in [0.717, 1.165) is 25.9 Å². The molecule has 0 aliphatic carbocycles. The smallest absolute Gasteiger partial charge is 0.104 e. The molecule has 2 heteroatoms. The Morgan fingerprint density at radius 3 is 2.36 bits per heavy atom. The van der Waals surface area contributed by atoms with E-state index in [1.54, 1.807) is 0 Å². The van der Waals surface area contributed by atoms with Crippen molar-refractivity contribution in [2.75, 3.05) is 13.1 Å². The number of allylic oxidation sites excluding steroid dienone is 3. The lowest BCUT2D eigenvalue weighted by Gasteiger charge is -2.22. The number of aliphatic hydroxyl groups excluding tert-OH is 1. The molecule has 0 saturated heterocycles. The molecule has 1 unspecified atom stereocenters. The van der Waals surface area contributed by atoms with Gasteiger partial charge in [-0.1, -0.05) is 38.2 Å². The molecule has 0 heterocycles. The Bertz CT molecular complexity index is 173. The third-order valence-electron chi connectivity index (χ3n) is 2.14. The Morgan fingerprint density at radius 2 is 1.86 bits per heavy atom. The second kappa shape index (κ2) is 8.97. The van der Waals surface area contributed by atoms with Gasteiger partial charge < -0.3 is 5.11 Å². The zero-order chi connectivity index (χ0) is 10.8. The predicted octanol–water partition coefficient (Wildman–Crippen LogP) is 2.56. The molecule has 0 aliphatic heterocycles. The van der Waals surface area contributed by atoms with E-state index in [1.807, 2.05) is 11.8 Å². The Kier molecular flexibility index (Phi) is 8.59. The fourth-order valence-electron chi connectivity index (χ4n) is 1.24. The molecular formula is C12H23NO. The SMILES string of the molecule is CC/C=C/C=C/CCN(CC)C(C)O. The maximum absolute atomic E-state index is 9.34. The largest absolute Gasteiger partial charge is 0.379 e. The highest BCUT2D eigenvalue weighted by Gasteiger charge is 2.05. The van der Waals surface area contributed by atoms with Crippen molar-refractivity contribution in [2.24, 2.45) is 0 Å². The zero-order valence-corrected chi connectivity index (χ0v) is 9.61. The van der Waals surface area contributed by atoms with Crippen LogP contribution in [0.4, 0.5) is 0 Å². The van der Waals surface area contributed by atoms with Crippen LogP contribution in [0, 0.1) is 0 Å². The summed E-state index contributed by atoms with van der Waals surface area (Å²) in [5.74, 6) is 0. The van der Waals surface area contributed by atoms with E-state index >= 15 is 0 Å². The molecule has 0 aliphatic rings. The fraction of sp³-hybridized carbons (Fsp3) is 0.667. The van der Waals surface area contributed by atoms with Crippen molar-refractivity contribution < 1.29 is 5.11 Å². The van der Waals surface area contributed by atoms with E-state index in [0.29, 0.717) is 0 Å². The lowest BCUT2D eigenvalue weighted by Crippen LogP contribution is -2.33. The average Bonchev–Trinajstić information content (AvgIpc) is 2.16. The lowest BCUT2D eigenvalue weighted by atomic mass is 10.3.